The number of amides is 2. The van der Waals surface area contributed by atoms with Crippen LogP contribution in [-0.2, 0) is 9.59 Å². The van der Waals surface area contributed by atoms with E-state index < -0.39 is 0 Å². The van der Waals surface area contributed by atoms with Crippen LogP contribution in [-0.4, -0.2) is 37.5 Å². The van der Waals surface area contributed by atoms with E-state index >= 15 is 0 Å². The molecule has 0 aromatic rings. The van der Waals surface area contributed by atoms with Gasteiger partial charge >= 0.3 is 0 Å². The Labute approximate surface area is 134 Å². The molecule has 0 aromatic heterocycles. The molecular weight excluding hydrogens is 278 g/mol. The van der Waals surface area contributed by atoms with Crippen LogP contribution in [0.4, 0.5) is 0 Å². The van der Waals surface area contributed by atoms with Crippen LogP contribution in [0.1, 0.15) is 58.3 Å². The van der Waals surface area contributed by atoms with Crippen molar-refractivity contribution in [1.82, 2.24) is 16.0 Å². The molecule has 1 saturated carbocycles. The van der Waals surface area contributed by atoms with Crippen molar-refractivity contribution in [1.29, 1.82) is 0 Å². The molecule has 0 aromatic carbocycles. The third-order valence-electron chi connectivity index (χ3n) is 4.94. The van der Waals surface area contributed by atoms with Crippen molar-refractivity contribution >= 4 is 11.8 Å². The van der Waals surface area contributed by atoms with Gasteiger partial charge in [0, 0.05) is 31.5 Å². The predicted molar refractivity (Wildman–Crippen MR) is 87.4 cm³/mol. The average Bonchev–Trinajstić information content (AvgIpc) is 2.52. The highest BCUT2D eigenvalue weighted by atomic mass is 16.2. The summed E-state index contributed by atoms with van der Waals surface area (Å²) in [7, 11) is 0. The highest BCUT2D eigenvalue weighted by Gasteiger charge is 2.24. The minimum Gasteiger partial charge on any atom is -0.354 e. The van der Waals surface area contributed by atoms with Crippen molar-refractivity contribution in [2.75, 3.05) is 19.6 Å². The van der Waals surface area contributed by atoms with Gasteiger partial charge in [-0.1, -0.05) is 19.3 Å². The van der Waals surface area contributed by atoms with E-state index in [1.807, 2.05) is 0 Å². The van der Waals surface area contributed by atoms with Crippen LogP contribution < -0.4 is 16.0 Å². The van der Waals surface area contributed by atoms with E-state index in [-0.39, 0.29) is 17.7 Å². The smallest absolute Gasteiger partial charge is 0.223 e. The molecule has 5 heteroatoms. The summed E-state index contributed by atoms with van der Waals surface area (Å²) in [6.45, 7) is 4.10. The largest absolute Gasteiger partial charge is 0.354 e. The van der Waals surface area contributed by atoms with Gasteiger partial charge in [0.25, 0.3) is 0 Å². The Balaban J connectivity index is 1.54. The molecule has 2 fully saturated rings. The van der Waals surface area contributed by atoms with Crippen molar-refractivity contribution in [2.24, 2.45) is 11.8 Å². The first-order valence-electron chi connectivity index (χ1n) is 8.93. The molecule has 1 aliphatic heterocycles. The molecule has 0 spiro atoms. The van der Waals surface area contributed by atoms with Crippen molar-refractivity contribution in [3.63, 3.8) is 0 Å². The predicted octanol–water partition coefficient (Wildman–Crippen LogP) is 1.58. The molecule has 0 radical (unpaired) electrons. The standard InChI is InChI=1S/C17H31N3O2/c1-13-11-15(7-8-18-13)17(22)20-10-9-19-16(21)12-14-5-3-2-4-6-14/h13-15,18H,2-12H2,1H3,(H,19,21)(H,20,22)/t13-,15-/m0/s1. The van der Waals surface area contributed by atoms with Crippen molar-refractivity contribution in [2.45, 2.75) is 64.3 Å². The van der Waals surface area contributed by atoms with Crippen molar-refractivity contribution in [3.05, 3.63) is 0 Å². The van der Waals surface area contributed by atoms with E-state index in [0.29, 0.717) is 31.5 Å². The minimum atomic E-state index is 0.120. The average molecular weight is 309 g/mol. The lowest BCUT2D eigenvalue weighted by atomic mass is 9.87. The molecule has 5 nitrogen and oxygen atoms in total. The monoisotopic (exact) mass is 309 g/mol. The van der Waals surface area contributed by atoms with Gasteiger partial charge in [0.15, 0.2) is 0 Å². The maximum atomic E-state index is 12.1. The van der Waals surface area contributed by atoms with Crippen LogP contribution in [0.3, 0.4) is 0 Å². The zero-order valence-corrected chi connectivity index (χ0v) is 13.8. The third-order valence-corrected chi connectivity index (χ3v) is 4.94. The van der Waals surface area contributed by atoms with E-state index in [4.69, 9.17) is 0 Å². The highest BCUT2D eigenvalue weighted by Crippen LogP contribution is 2.25. The Bertz CT molecular complexity index is 367. The fourth-order valence-electron chi connectivity index (χ4n) is 3.63. The molecule has 126 valence electrons. The second-order valence-corrected chi connectivity index (χ2v) is 6.93. The van der Waals surface area contributed by atoms with Gasteiger partial charge in [-0.15, -0.1) is 0 Å². The molecular formula is C17H31N3O2. The SMILES string of the molecule is C[C@H]1C[C@@H](C(=O)NCCNC(=O)CC2CCCCC2)CCN1. The highest BCUT2D eigenvalue weighted by molar-refractivity contribution is 5.79. The minimum absolute atomic E-state index is 0.120. The van der Waals surface area contributed by atoms with E-state index in [1.54, 1.807) is 0 Å². The molecule has 2 rings (SSSR count). The first kappa shape index (κ1) is 17.3. The number of rotatable bonds is 6. The second kappa shape index (κ2) is 9.13. The van der Waals surface area contributed by atoms with Crippen LogP contribution in [0.2, 0.25) is 0 Å². The van der Waals surface area contributed by atoms with E-state index in [1.165, 1.54) is 32.1 Å². The summed E-state index contributed by atoms with van der Waals surface area (Å²) in [6, 6.07) is 0.416. The Morgan fingerprint density at radius 2 is 1.77 bits per heavy atom. The molecule has 3 N–H and O–H groups in total. The number of carbonyl (C=O) groups excluding carboxylic acids is 2. The summed E-state index contributed by atoms with van der Waals surface area (Å²) >= 11 is 0. The molecule has 0 unspecified atom stereocenters. The maximum Gasteiger partial charge on any atom is 0.223 e. The van der Waals surface area contributed by atoms with Gasteiger partial charge in [-0.05, 0) is 45.1 Å². The lowest BCUT2D eigenvalue weighted by molar-refractivity contribution is -0.126. The second-order valence-electron chi connectivity index (χ2n) is 6.93. The number of hydrogen-bond acceptors (Lipinski definition) is 3. The molecule has 22 heavy (non-hydrogen) atoms. The zero-order valence-electron chi connectivity index (χ0n) is 13.8. The quantitative estimate of drug-likeness (QED) is 0.652. The number of hydrogen-bond donors (Lipinski definition) is 3. The molecule has 1 heterocycles. The maximum absolute atomic E-state index is 12.1. The van der Waals surface area contributed by atoms with Gasteiger partial charge < -0.3 is 16.0 Å². The Morgan fingerprint density at radius 1 is 1.05 bits per heavy atom. The van der Waals surface area contributed by atoms with Gasteiger partial charge in [-0.25, -0.2) is 0 Å². The summed E-state index contributed by atoms with van der Waals surface area (Å²) in [5.74, 6) is 0.959. The van der Waals surface area contributed by atoms with Gasteiger partial charge in [0.05, 0.1) is 0 Å². The molecule has 0 bridgehead atoms. The van der Waals surface area contributed by atoms with Crippen molar-refractivity contribution < 1.29 is 9.59 Å². The summed E-state index contributed by atoms with van der Waals surface area (Å²) in [6.07, 6.45) is 8.70. The van der Waals surface area contributed by atoms with Crippen LogP contribution in [0, 0.1) is 11.8 Å². The Hall–Kier alpha value is -1.10. The Morgan fingerprint density at radius 3 is 2.50 bits per heavy atom. The van der Waals surface area contributed by atoms with Gasteiger partial charge in [-0.3, -0.25) is 9.59 Å². The number of piperidine rings is 1. The van der Waals surface area contributed by atoms with Crippen LogP contribution in [0.5, 0.6) is 0 Å². The van der Waals surface area contributed by atoms with Gasteiger partial charge in [-0.2, -0.15) is 0 Å². The van der Waals surface area contributed by atoms with E-state index in [0.717, 1.165) is 19.4 Å². The molecule has 2 aliphatic rings. The molecule has 2 amide bonds. The fourth-order valence-corrected chi connectivity index (χ4v) is 3.63. The first-order chi connectivity index (χ1) is 10.6. The van der Waals surface area contributed by atoms with Crippen LogP contribution in [0.15, 0.2) is 0 Å². The molecule has 2 atom stereocenters. The van der Waals surface area contributed by atoms with E-state index in [9.17, 15) is 9.59 Å². The van der Waals surface area contributed by atoms with Crippen molar-refractivity contribution in [3.8, 4) is 0 Å². The molecule has 1 saturated heterocycles. The lowest BCUT2D eigenvalue weighted by Crippen LogP contribution is -2.44. The van der Waals surface area contributed by atoms with Crippen LogP contribution in [0.25, 0.3) is 0 Å². The van der Waals surface area contributed by atoms with Gasteiger partial charge in [0.2, 0.25) is 11.8 Å². The summed E-state index contributed by atoms with van der Waals surface area (Å²) in [5.41, 5.74) is 0. The summed E-state index contributed by atoms with van der Waals surface area (Å²) < 4.78 is 0. The number of carbonyl (C=O) groups is 2. The number of nitrogens with one attached hydrogen (secondary N) is 3. The fraction of sp³-hybridized carbons (Fsp3) is 0.882. The Kier molecular flexibility index (Phi) is 7.16. The zero-order chi connectivity index (χ0) is 15.8. The van der Waals surface area contributed by atoms with Gasteiger partial charge in [0.1, 0.15) is 0 Å². The summed E-state index contributed by atoms with van der Waals surface area (Å²) in [4.78, 5) is 23.9. The topological polar surface area (TPSA) is 70.2 Å². The summed E-state index contributed by atoms with van der Waals surface area (Å²) in [5, 5.41) is 9.23. The lowest BCUT2D eigenvalue weighted by Gasteiger charge is -2.27. The third kappa shape index (κ3) is 5.95. The molecule has 1 aliphatic carbocycles. The van der Waals surface area contributed by atoms with Crippen LogP contribution >= 0.6 is 0 Å². The van der Waals surface area contributed by atoms with E-state index in [2.05, 4.69) is 22.9 Å². The first-order valence-corrected chi connectivity index (χ1v) is 8.93. The normalized spacial score (nSPS) is 26.4.